The second-order valence-corrected chi connectivity index (χ2v) is 8.32. The van der Waals surface area contributed by atoms with Crippen LogP contribution in [0.15, 0.2) is 41.7 Å². The summed E-state index contributed by atoms with van der Waals surface area (Å²) in [6.07, 6.45) is -0.955. The lowest BCUT2D eigenvalue weighted by atomic mass is 9.94. The molecule has 1 unspecified atom stereocenters. The van der Waals surface area contributed by atoms with Crippen molar-refractivity contribution in [2.45, 2.75) is 39.0 Å². The van der Waals surface area contributed by atoms with Crippen LogP contribution in [0, 0.1) is 11.8 Å². The highest BCUT2D eigenvalue weighted by Gasteiger charge is 2.44. The van der Waals surface area contributed by atoms with Crippen LogP contribution in [0.1, 0.15) is 32.3 Å². The summed E-state index contributed by atoms with van der Waals surface area (Å²) in [7, 11) is 0. The lowest BCUT2D eigenvalue weighted by molar-refractivity contribution is -0.137. The minimum atomic E-state index is -4.47. The Labute approximate surface area is 178 Å². The molecule has 0 amide bonds. The number of halogens is 3. The zero-order valence-corrected chi connectivity index (χ0v) is 17.4. The number of benzene rings is 1. The molecule has 2 aromatic rings. The van der Waals surface area contributed by atoms with Crippen molar-refractivity contribution in [1.82, 2.24) is 4.98 Å². The molecule has 1 saturated heterocycles. The Bertz CT molecular complexity index is 944. The van der Waals surface area contributed by atoms with E-state index in [1.165, 1.54) is 6.07 Å². The molecular formula is C22H25F3N4O2. The normalized spacial score (nSPS) is 22.9. The third-order valence-corrected chi connectivity index (χ3v) is 5.70. The van der Waals surface area contributed by atoms with Gasteiger partial charge in [0.05, 0.1) is 23.2 Å². The largest absolute Gasteiger partial charge is 0.486 e. The molecule has 4 rings (SSSR count). The van der Waals surface area contributed by atoms with Crippen molar-refractivity contribution in [2.75, 3.05) is 23.7 Å². The summed E-state index contributed by atoms with van der Waals surface area (Å²) in [5.41, 5.74) is 6.14. The molecule has 2 bridgehead atoms. The minimum Gasteiger partial charge on any atom is -0.486 e. The van der Waals surface area contributed by atoms with Crippen molar-refractivity contribution in [3.05, 3.63) is 42.1 Å². The van der Waals surface area contributed by atoms with E-state index in [9.17, 15) is 13.2 Å². The molecule has 2 N–H and O–H groups in total. The third kappa shape index (κ3) is 4.70. The van der Waals surface area contributed by atoms with E-state index in [1.54, 1.807) is 20.0 Å². The van der Waals surface area contributed by atoms with E-state index in [2.05, 4.69) is 15.0 Å². The van der Waals surface area contributed by atoms with Crippen LogP contribution in [0.25, 0.3) is 0 Å². The third-order valence-electron chi connectivity index (χ3n) is 5.70. The highest BCUT2D eigenvalue weighted by atomic mass is 19.4. The van der Waals surface area contributed by atoms with Crippen LogP contribution in [0.2, 0.25) is 0 Å². The predicted octanol–water partition coefficient (Wildman–Crippen LogP) is 4.75. The summed E-state index contributed by atoms with van der Waals surface area (Å²) in [5, 5.41) is 3.83. The van der Waals surface area contributed by atoms with Gasteiger partial charge in [-0.15, -0.1) is 0 Å². The van der Waals surface area contributed by atoms with Gasteiger partial charge in [-0.3, -0.25) is 0 Å². The quantitative estimate of drug-likeness (QED) is 0.543. The summed E-state index contributed by atoms with van der Waals surface area (Å²) in [5.74, 6) is 1.60. The summed E-state index contributed by atoms with van der Waals surface area (Å²) in [6, 6.07) is 7.01. The van der Waals surface area contributed by atoms with Gasteiger partial charge < -0.3 is 20.2 Å². The van der Waals surface area contributed by atoms with E-state index in [4.69, 9.17) is 15.3 Å². The van der Waals surface area contributed by atoms with E-state index in [0.717, 1.165) is 43.9 Å². The van der Waals surface area contributed by atoms with Gasteiger partial charge in [0.1, 0.15) is 11.9 Å². The number of fused-ring (bicyclic) bond motifs is 2. The number of nitrogens with two attached hydrogens (primary N) is 1. The van der Waals surface area contributed by atoms with Crippen molar-refractivity contribution in [1.29, 1.82) is 0 Å². The van der Waals surface area contributed by atoms with Gasteiger partial charge in [0.2, 0.25) is 0 Å². The minimum absolute atomic E-state index is 0.0296. The SMILES string of the molecule is CC(C)=NOc1cc(C(F)(F)F)ccc1OC1[C@@H]2CC[C@H]1CN(c1ccc(N)cn1)C2. The highest BCUT2D eigenvalue weighted by molar-refractivity contribution is 5.78. The molecule has 1 aliphatic heterocycles. The number of ether oxygens (including phenoxy) is 1. The number of hydrogen-bond donors (Lipinski definition) is 1. The molecule has 31 heavy (non-hydrogen) atoms. The van der Waals surface area contributed by atoms with E-state index >= 15 is 0 Å². The number of nitrogens with zero attached hydrogens (tertiary/aromatic N) is 3. The number of nitrogen functional groups attached to an aromatic ring is 1. The first kappa shape index (κ1) is 21.3. The Hall–Kier alpha value is -2.97. The van der Waals surface area contributed by atoms with Crippen LogP contribution in [0.5, 0.6) is 11.5 Å². The second-order valence-electron chi connectivity index (χ2n) is 8.32. The van der Waals surface area contributed by atoms with Crippen molar-refractivity contribution in [2.24, 2.45) is 17.0 Å². The molecular weight excluding hydrogens is 409 g/mol. The van der Waals surface area contributed by atoms with Crippen LogP contribution in [-0.4, -0.2) is 29.9 Å². The average molecular weight is 434 g/mol. The Balaban J connectivity index is 1.54. The zero-order valence-electron chi connectivity index (χ0n) is 17.4. The first-order valence-electron chi connectivity index (χ1n) is 10.2. The van der Waals surface area contributed by atoms with E-state index in [-0.39, 0.29) is 29.4 Å². The molecule has 166 valence electrons. The predicted molar refractivity (Wildman–Crippen MR) is 112 cm³/mol. The summed E-state index contributed by atoms with van der Waals surface area (Å²) < 4.78 is 45.8. The standard InChI is InChI=1S/C22H25F3N4O2/c1-13(2)28-31-19-9-16(22(23,24)25)5-7-18(19)30-21-14-3-4-15(21)12-29(11-14)20-8-6-17(26)10-27-20/h5-10,14-15,21H,3-4,11-12,26H2,1-2H3/t14-,15+,21?. The molecule has 0 spiro atoms. The fraction of sp³-hybridized carbons (Fsp3) is 0.455. The maximum atomic E-state index is 13.2. The molecule has 1 saturated carbocycles. The van der Waals surface area contributed by atoms with Gasteiger partial charge in [0, 0.05) is 24.9 Å². The van der Waals surface area contributed by atoms with Crippen molar-refractivity contribution in [3.63, 3.8) is 0 Å². The maximum absolute atomic E-state index is 13.2. The number of oxime groups is 1. The Morgan fingerprint density at radius 3 is 2.39 bits per heavy atom. The number of anilines is 2. The van der Waals surface area contributed by atoms with Gasteiger partial charge in [0.25, 0.3) is 0 Å². The fourth-order valence-electron chi connectivity index (χ4n) is 4.28. The fourth-order valence-corrected chi connectivity index (χ4v) is 4.28. The summed E-state index contributed by atoms with van der Waals surface area (Å²) in [4.78, 5) is 11.9. The molecule has 1 aromatic carbocycles. The average Bonchev–Trinajstić information content (AvgIpc) is 2.94. The van der Waals surface area contributed by atoms with Gasteiger partial charge in [-0.1, -0.05) is 5.16 Å². The molecule has 9 heteroatoms. The Morgan fingerprint density at radius 1 is 1.10 bits per heavy atom. The molecule has 2 heterocycles. The van der Waals surface area contributed by atoms with Crippen molar-refractivity contribution in [3.8, 4) is 11.5 Å². The molecule has 6 nitrogen and oxygen atoms in total. The van der Waals surface area contributed by atoms with Crippen LogP contribution in [0.4, 0.5) is 24.7 Å². The smallest absolute Gasteiger partial charge is 0.416 e. The van der Waals surface area contributed by atoms with Gasteiger partial charge in [-0.25, -0.2) is 4.98 Å². The zero-order chi connectivity index (χ0) is 22.2. The summed E-state index contributed by atoms with van der Waals surface area (Å²) >= 11 is 0. The molecule has 1 aliphatic carbocycles. The number of hydrogen-bond acceptors (Lipinski definition) is 6. The van der Waals surface area contributed by atoms with Gasteiger partial charge in [-0.2, -0.15) is 13.2 Å². The van der Waals surface area contributed by atoms with Crippen LogP contribution in [-0.2, 0) is 6.18 Å². The van der Waals surface area contributed by atoms with E-state index in [0.29, 0.717) is 11.4 Å². The monoisotopic (exact) mass is 434 g/mol. The first-order valence-corrected chi connectivity index (χ1v) is 10.2. The number of rotatable bonds is 5. The lowest BCUT2D eigenvalue weighted by Crippen LogP contribution is -2.47. The number of pyridine rings is 1. The van der Waals surface area contributed by atoms with E-state index in [1.807, 2.05) is 12.1 Å². The number of aromatic nitrogens is 1. The number of piperidine rings is 1. The van der Waals surface area contributed by atoms with E-state index < -0.39 is 11.7 Å². The topological polar surface area (TPSA) is 73.0 Å². The maximum Gasteiger partial charge on any atom is 0.416 e. The van der Waals surface area contributed by atoms with Crippen LogP contribution >= 0.6 is 0 Å². The Morgan fingerprint density at radius 2 is 1.81 bits per heavy atom. The number of alkyl halides is 3. The highest BCUT2D eigenvalue weighted by Crippen LogP contribution is 2.43. The van der Waals surface area contributed by atoms with Crippen LogP contribution in [0.3, 0.4) is 0 Å². The molecule has 1 aromatic heterocycles. The second kappa shape index (κ2) is 8.28. The molecule has 3 atom stereocenters. The van der Waals surface area contributed by atoms with Gasteiger partial charge in [0.15, 0.2) is 11.5 Å². The van der Waals surface area contributed by atoms with Crippen LogP contribution < -0.4 is 20.2 Å². The van der Waals surface area contributed by atoms with Crippen molar-refractivity contribution >= 4 is 17.2 Å². The molecule has 2 aliphatic rings. The van der Waals surface area contributed by atoms with Gasteiger partial charge in [-0.05, 0) is 57.0 Å². The molecule has 0 radical (unpaired) electrons. The van der Waals surface area contributed by atoms with Crippen molar-refractivity contribution < 1.29 is 22.7 Å². The first-order chi connectivity index (χ1) is 14.7. The molecule has 2 fully saturated rings. The lowest BCUT2D eigenvalue weighted by Gasteiger charge is -2.38. The Kier molecular flexibility index (Phi) is 5.68. The van der Waals surface area contributed by atoms with Gasteiger partial charge >= 0.3 is 6.18 Å². The summed E-state index contributed by atoms with van der Waals surface area (Å²) in [6.45, 7) is 4.94.